The fraction of sp³-hybridized carbons (Fsp3) is 0.385. The Morgan fingerprint density at radius 3 is 2.94 bits per heavy atom. The molecular formula is C13H17FN4. The van der Waals surface area contributed by atoms with Crippen LogP contribution in [-0.4, -0.2) is 21.6 Å². The number of nitrogens with zero attached hydrogens (tertiary/aromatic N) is 3. The first-order valence-electron chi connectivity index (χ1n) is 6.03. The quantitative estimate of drug-likeness (QED) is 0.879. The van der Waals surface area contributed by atoms with Gasteiger partial charge in [0, 0.05) is 43.2 Å². The summed E-state index contributed by atoms with van der Waals surface area (Å²) < 4.78 is 15.8. The minimum absolute atomic E-state index is 0.0966. The van der Waals surface area contributed by atoms with E-state index < -0.39 is 0 Å². The molecule has 4 nitrogen and oxygen atoms in total. The van der Waals surface area contributed by atoms with Crippen molar-refractivity contribution in [3.05, 3.63) is 48.1 Å². The van der Waals surface area contributed by atoms with Gasteiger partial charge in [-0.2, -0.15) is 0 Å². The summed E-state index contributed by atoms with van der Waals surface area (Å²) in [5.41, 5.74) is 0.623. The zero-order valence-electron chi connectivity index (χ0n) is 10.6. The van der Waals surface area contributed by atoms with Crippen molar-refractivity contribution in [1.82, 2.24) is 19.9 Å². The molecule has 0 saturated heterocycles. The van der Waals surface area contributed by atoms with Crippen molar-refractivity contribution in [3.8, 4) is 0 Å². The Kier molecular flexibility index (Phi) is 4.04. The number of halogens is 1. The molecule has 0 aliphatic heterocycles. The molecule has 2 rings (SSSR count). The highest BCUT2D eigenvalue weighted by molar-refractivity contribution is 5.19. The maximum Gasteiger partial charge on any atom is 0.146 e. The van der Waals surface area contributed by atoms with Crippen molar-refractivity contribution in [1.29, 1.82) is 0 Å². The van der Waals surface area contributed by atoms with Crippen LogP contribution < -0.4 is 5.32 Å². The normalized spacial score (nSPS) is 12.6. The Labute approximate surface area is 106 Å². The number of pyridine rings is 1. The lowest BCUT2D eigenvalue weighted by molar-refractivity contribution is 0.512. The predicted molar refractivity (Wildman–Crippen MR) is 67.6 cm³/mol. The van der Waals surface area contributed by atoms with Crippen LogP contribution in [0, 0.1) is 5.82 Å². The lowest BCUT2D eigenvalue weighted by Crippen LogP contribution is -2.22. The molecule has 2 aromatic rings. The number of aromatic nitrogens is 3. The van der Waals surface area contributed by atoms with Crippen molar-refractivity contribution in [2.45, 2.75) is 25.9 Å². The Bertz CT molecular complexity index is 509. The second-order valence-electron chi connectivity index (χ2n) is 4.07. The highest BCUT2D eigenvalue weighted by Crippen LogP contribution is 2.19. The van der Waals surface area contributed by atoms with Gasteiger partial charge in [0.25, 0.3) is 0 Å². The predicted octanol–water partition coefficient (Wildman–Crippen LogP) is 1.94. The summed E-state index contributed by atoms with van der Waals surface area (Å²) in [5, 5.41) is 3.13. The monoisotopic (exact) mass is 248 g/mol. The smallest absolute Gasteiger partial charge is 0.146 e. The van der Waals surface area contributed by atoms with E-state index in [4.69, 9.17) is 0 Å². The molecule has 0 fully saturated rings. The van der Waals surface area contributed by atoms with E-state index in [1.165, 1.54) is 6.20 Å². The van der Waals surface area contributed by atoms with Gasteiger partial charge in [0.05, 0.1) is 6.20 Å². The van der Waals surface area contributed by atoms with Gasteiger partial charge in [-0.25, -0.2) is 9.37 Å². The summed E-state index contributed by atoms with van der Waals surface area (Å²) >= 11 is 0. The summed E-state index contributed by atoms with van der Waals surface area (Å²) in [6, 6.07) is 1.61. The Morgan fingerprint density at radius 1 is 1.44 bits per heavy atom. The largest absolute Gasteiger partial charge is 0.335 e. The van der Waals surface area contributed by atoms with Crippen molar-refractivity contribution >= 4 is 0 Å². The first-order chi connectivity index (χ1) is 8.76. The van der Waals surface area contributed by atoms with Gasteiger partial charge in [-0.15, -0.1) is 0 Å². The number of likely N-dealkylation sites (N-methyl/N-ethyl adjacent to an activating group) is 1. The summed E-state index contributed by atoms with van der Waals surface area (Å²) in [4.78, 5) is 8.08. The van der Waals surface area contributed by atoms with Gasteiger partial charge >= 0.3 is 0 Å². The first-order valence-corrected chi connectivity index (χ1v) is 6.03. The molecule has 1 unspecified atom stereocenters. The highest BCUT2D eigenvalue weighted by atomic mass is 19.1. The molecule has 1 N–H and O–H groups in total. The van der Waals surface area contributed by atoms with Crippen LogP contribution in [0.1, 0.15) is 24.4 Å². The fourth-order valence-corrected chi connectivity index (χ4v) is 2.04. The number of hydrogen-bond donors (Lipinski definition) is 1. The molecule has 0 radical (unpaired) electrons. The molecule has 0 spiro atoms. The molecule has 96 valence electrons. The number of hydrogen-bond acceptors (Lipinski definition) is 3. The van der Waals surface area contributed by atoms with Gasteiger partial charge in [-0.05, 0) is 20.0 Å². The minimum atomic E-state index is -0.286. The number of aryl methyl sites for hydroxylation is 1. The van der Waals surface area contributed by atoms with Gasteiger partial charge in [-0.1, -0.05) is 0 Å². The highest BCUT2D eigenvalue weighted by Gasteiger charge is 2.16. The minimum Gasteiger partial charge on any atom is -0.335 e. The molecule has 0 amide bonds. The Balaban J connectivity index is 2.23. The Hall–Kier alpha value is -1.75. The van der Waals surface area contributed by atoms with Crippen LogP contribution in [0.3, 0.4) is 0 Å². The van der Waals surface area contributed by atoms with Crippen LogP contribution in [0.15, 0.2) is 30.9 Å². The molecule has 0 saturated carbocycles. The van der Waals surface area contributed by atoms with Crippen molar-refractivity contribution in [2.75, 3.05) is 7.05 Å². The third kappa shape index (κ3) is 2.56. The maximum absolute atomic E-state index is 13.7. The molecular weight excluding hydrogens is 231 g/mol. The van der Waals surface area contributed by atoms with E-state index in [1.54, 1.807) is 18.5 Å². The van der Waals surface area contributed by atoms with Crippen LogP contribution in [0.5, 0.6) is 0 Å². The molecule has 2 aromatic heterocycles. The van der Waals surface area contributed by atoms with E-state index in [0.717, 1.165) is 12.4 Å². The summed E-state index contributed by atoms with van der Waals surface area (Å²) in [6.07, 6.45) is 7.21. The molecule has 1 atom stereocenters. The van der Waals surface area contributed by atoms with E-state index in [2.05, 4.69) is 26.8 Å². The van der Waals surface area contributed by atoms with Gasteiger partial charge in [-0.3, -0.25) is 4.98 Å². The zero-order chi connectivity index (χ0) is 13.0. The molecule has 5 heteroatoms. The SMILES string of the molecule is CCn1ccnc1CC(NC)c1ccncc1F. The summed E-state index contributed by atoms with van der Waals surface area (Å²) in [6.45, 7) is 2.93. The lowest BCUT2D eigenvalue weighted by Gasteiger charge is -2.17. The molecule has 0 aliphatic carbocycles. The second-order valence-corrected chi connectivity index (χ2v) is 4.07. The molecule has 0 aromatic carbocycles. The van der Waals surface area contributed by atoms with Crippen LogP contribution in [-0.2, 0) is 13.0 Å². The maximum atomic E-state index is 13.7. The topological polar surface area (TPSA) is 42.7 Å². The van der Waals surface area contributed by atoms with E-state index in [1.807, 2.05) is 13.2 Å². The van der Waals surface area contributed by atoms with Crippen LogP contribution in [0.2, 0.25) is 0 Å². The van der Waals surface area contributed by atoms with Crippen LogP contribution in [0.25, 0.3) is 0 Å². The van der Waals surface area contributed by atoms with Crippen molar-refractivity contribution in [3.63, 3.8) is 0 Å². The van der Waals surface area contributed by atoms with Gasteiger partial charge < -0.3 is 9.88 Å². The van der Waals surface area contributed by atoms with Crippen molar-refractivity contribution in [2.24, 2.45) is 0 Å². The van der Waals surface area contributed by atoms with Crippen LogP contribution in [0.4, 0.5) is 4.39 Å². The van der Waals surface area contributed by atoms with Crippen LogP contribution >= 0.6 is 0 Å². The molecule has 0 bridgehead atoms. The second kappa shape index (κ2) is 5.73. The number of nitrogens with one attached hydrogen (secondary N) is 1. The fourth-order valence-electron chi connectivity index (χ4n) is 2.04. The lowest BCUT2D eigenvalue weighted by atomic mass is 10.0. The summed E-state index contributed by atoms with van der Waals surface area (Å²) in [7, 11) is 1.82. The average Bonchev–Trinajstić information content (AvgIpc) is 2.84. The zero-order valence-corrected chi connectivity index (χ0v) is 10.6. The average molecular weight is 248 g/mol. The third-order valence-corrected chi connectivity index (χ3v) is 3.06. The van der Waals surface area contributed by atoms with E-state index in [-0.39, 0.29) is 11.9 Å². The first kappa shape index (κ1) is 12.7. The molecule has 0 aliphatic rings. The third-order valence-electron chi connectivity index (χ3n) is 3.06. The van der Waals surface area contributed by atoms with E-state index in [0.29, 0.717) is 12.0 Å². The molecule has 18 heavy (non-hydrogen) atoms. The van der Waals surface area contributed by atoms with E-state index in [9.17, 15) is 4.39 Å². The van der Waals surface area contributed by atoms with E-state index >= 15 is 0 Å². The number of imidazole rings is 1. The van der Waals surface area contributed by atoms with Crippen molar-refractivity contribution < 1.29 is 4.39 Å². The Morgan fingerprint density at radius 2 is 2.28 bits per heavy atom. The standard InChI is InChI=1S/C13H17FN4/c1-3-18-7-6-17-13(18)8-12(15-2)10-4-5-16-9-11(10)14/h4-7,9,12,15H,3,8H2,1-2H3. The molecule has 2 heterocycles. The van der Waals surface area contributed by atoms with Gasteiger partial charge in [0.15, 0.2) is 0 Å². The van der Waals surface area contributed by atoms with Gasteiger partial charge in [0.2, 0.25) is 0 Å². The summed E-state index contributed by atoms with van der Waals surface area (Å²) in [5.74, 6) is 0.666. The van der Waals surface area contributed by atoms with Gasteiger partial charge in [0.1, 0.15) is 11.6 Å². The number of rotatable bonds is 5.